The highest BCUT2D eigenvalue weighted by atomic mass is 19.4. The minimum atomic E-state index is -4.72. The van der Waals surface area contributed by atoms with Gasteiger partial charge in [-0.05, 0) is 23.8 Å². The molecule has 3 heterocycles. The number of benzene rings is 1. The molecule has 0 spiro atoms. The van der Waals surface area contributed by atoms with E-state index in [-0.39, 0.29) is 18.9 Å². The Bertz CT molecular complexity index is 928. The van der Waals surface area contributed by atoms with Crippen molar-refractivity contribution in [1.82, 2.24) is 19.9 Å². The van der Waals surface area contributed by atoms with Gasteiger partial charge in [0.1, 0.15) is 30.5 Å². The van der Waals surface area contributed by atoms with Crippen LogP contribution in [0.1, 0.15) is 11.4 Å². The summed E-state index contributed by atoms with van der Waals surface area (Å²) in [4.78, 5) is 13.3. The third-order valence-corrected chi connectivity index (χ3v) is 4.60. The second-order valence-electron chi connectivity index (χ2n) is 6.83. The van der Waals surface area contributed by atoms with Crippen molar-refractivity contribution in [2.75, 3.05) is 13.1 Å². The van der Waals surface area contributed by atoms with Gasteiger partial charge in [0.05, 0.1) is 17.2 Å². The lowest BCUT2D eigenvalue weighted by Crippen LogP contribution is -2.24. The average molecular weight is 410 g/mol. The van der Waals surface area contributed by atoms with E-state index in [1.807, 2.05) is 4.90 Å². The van der Waals surface area contributed by atoms with Crippen LogP contribution in [0.2, 0.25) is 0 Å². The minimum absolute atomic E-state index is 0.150. The minimum Gasteiger partial charge on any atom is -0.406 e. The smallest absolute Gasteiger partial charge is 0.406 e. The molecule has 2 atom stereocenters. The number of hydrogen-bond acceptors (Lipinski definition) is 5. The van der Waals surface area contributed by atoms with Gasteiger partial charge in [0.25, 0.3) is 0 Å². The lowest BCUT2D eigenvalue weighted by atomic mass is 10.2. The molecule has 6 nitrogen and oxygen atoms in total. The van der Waals surface area contributed by atoms with Crippen LogP contribution in [0.4, 0.5) is 17.6 Å². The summed E-state index contributed by atoms with van der Waals surface area (Å²) in [6, 6.07) is 7.33. The zero-order chi connectivity index (χ0) is 20.4. The number of pyridine rings is 1. The number of hydrogen-bond donors (Lipinski definition) is 1. The Morgan fingerprint density at radius 3 is 2.66 bits per heavy atom. The van der Waals surface area contributed by atoms with Gasteiger partial charge in [-0.3, -0.25) is 9.88 Å². The third-order valence-electron chi connectivity index (χ3n) is 4.60. The van der Waals surface area contributed by atoms with Crippen LogP contribution >= 0.6 is 0 Å². The Hall–Kier alpha value is -2.72. The molecule has 0 amide bonds. The van der Waals surface area contributed by atoms with Crippen molar-refractivity contribution in [2.24, 2.45) is 0 Å². The number of likely N-dealkylation sites (tertiary alicyclic amines) is 1. The van der Waals surface area contributed by atoms with Crippen molar-refractivity contribution < 1.29 is 27.0 Å². The maximum absolute atomic E-state index is 14.3. The Morgan fingerprint density at radius 1 is 1.14 bits per heavy atom. The summed E-state index contributed by atoms with van der Waals surface area (Å²) in [7, 11) is 0. The molecule has 0 radical (unpaired) electrons. The van der Waals surface area contributed by atoms with E-state index in [4.69, 9.17) is 4.74 Å². The van der Waals surface area contributed by atoms with Crippen LogP contribution in [0.3, 0.4) is 0 Å². The van der Waals surface area contributed by atoms with Crippen molar-refractivity contribution in [2.45, 2.75) is 31.8 Å². The highest BCUT2D eigenvalue weighted by Crippen LogP contribution is 2.24. The summed E-state index contributed by atoms with van der Waals surface area (Å²) in [5.74, 6) is 0.312. The summed E-state index contributed by atoms with van der Waals surface area (Å²) in [5, 5.41) is 0. The average Bonchev–Trinajstić information content (AvgIpc) is 3.23. The lowest BCUT2D eigenvalue weighted by molar-refractivity contribution is -0.274. The Kier molecular flexibility index (Phi) is 5.37. The molecule has 1 aliphatic rings. The van der Waals surface area contributed by atoms with Crippen LogP contribution in [0, 0.1) is 0 Å². The van der Waals surface area contributed by atoms with Gasteiger partial charge in [-0.2, -0.15) is 0 Å². The third kappa shape index (κ3) is 5.01. The molecule has 0 bridgehead atoms. The lowest BCUT2D eigenvalue weighted by Gasteiger charge is -2.16. The molecule has 3 aromatic rings. The van der Waals surface area contributed by atoms with Crippen molar-refractivity contribution in [3.05, 3.63) is 54.1 Å². The number of aromatic amines is 1. The molecule has 4 rings (SSSR count). The van der Waals surface area contributed by atoms with Gasteiger partial charge in [-0.1, -0.05) is 12.1 Å². The van der Waals surface area contributed by atoms with Crippen molar-refractivity contribution in [3.63, 3.8) is 0 Å². The normalized spacial score (nSPS) is 20.4. The number of nitrogens with one attached hydrogen (secondary N) is 1. The van der Waals surface area contributed by atoms with E-state index in [1.54, 1.807) is 18.5 Å². The van der Waals surface area contributed by atoms with E-state index < -0.39 is 18.6 Å². The first-order chi connectivity index (χ1) is 13.9. The molecule has 0 saturated carbocycles. The maximum Gasteiger partial charge on any atom is 0.573 e. The highest BCUT2D eigenvalue weighted by molar-refractivity contribution is 5.73. The monoisotopic (exact) mass is 410 g/mol. The first-order valence-electron chi connectivity index (χ1n) is 8.97. The van der Waals surface area contributed by atoms with E-state index in [9.17, 15) is 17.6 Å². The number of halogens is 4. The van der Waals surface area contributed by atoms with Gasteiger partial charge in [0, 0.05) is 25.8 Å². The predicted octanol–water partition coefficient (Wildman–Crippen LogP) is 3.60. The molecule has 154 valence electrons. The second kappa shape index (κ2) is 7.96. The molecule has 1 aliphatic heterocycles. The number of H-pyrrole nitrogens is 1. The second-order valence-corrected chi connectivity index (χ2v) is 6.83. The van der Waals surface area contributed by atoms with Gasteiger partial charge in [-0.25, -0.2) is 9.37 Å². The molecule has 1 fully saturated rings. The zero-order valence-corrected chi connectivity index (χ0v) is 15.2. The Labute approximate surface area is 163 Å². The molecule has 1 aromatic carbocycles. The maximum atomic E-state index is 14.3. The van der Waals surface area contributed by atoms with E-state index in [0.717, 1.165) is 16.6 Å². The highest BCUT2D eigenvalue weighted by Gasteiger charge is 2.34. The van der Waals surface area contributed by atoms with Crippen LogP contribution < -0.4 is 4.74 Å². The molecular formula is C19H18F4N4O2. The van der Waals surface area contributed by atoms with Gasteiger partial charge < -0.3 is 14.5 Å². The van der Waals surface area contributed by atoms with Crippen LogP contribution in [0.25, 0.3) is 11.0 Å². The van der Waals surface area contributed by atoms with Crippen LogP contribution in [0.15, 0.2) is 42.7 Å². The standard InChI is InChI=1S/C19H18F4N4O2/c20-14-9-27(8-12-1-3-13(4-2-12)29-19(21,22)23)10-17(14)28-11-18-25-15-5-6-24-7-16(15)26-18/h1-7,14,17H,8-11H2,(H,25,26)/t14-,17+/m1/s1. The van der Waals surface area contributed by atoms with Gasteiger partial charge in [0.2, 0.25) is 0 Å². The summed E-state index contributed by atoms with van der Waals surface area (Å²) in [6.07, 6.45) is -3.18. The summed E-state index contributed by atoms with van der Waals surface area (Å²) in [6.45, 7) is 1.12. The van der Waals surface area contributed by atoms with E-state index >= 15 is 0 Å². The molecule has 0 unspecified atom stereocenters. The first-order valence-corrected chi connectivity index (χ1v) is 8.97. The number of nitrogens with zero attached hydrogens (tertiary/aromatic N) is 3. The number of aromatic nitrogens is 3. The van der Waals surface area contributed by atoms with E-state index in [0.29, 0.717) is 18.9 Å². The van der Waals surface area contributed by atoms with Gasteiger partial charge in [0.15, 0.2) is 0 Å². The fourth-order valence-electron chi connectivity index (χ4n) is 3.31. The van der Waals surface area contributed by atoms with Crippen molar-refractivity contribution in [3.8, 4) is 5.75 Å². The van der Waals surface area contributed by atoms with Crippen LogP contribution in [0.5, 0.6) is 5.75 Å². The zero-order valence-electron chi connectivity index (χ0n) is 15.2. The number of fused-ring (bicyclic) bond motifs is 1. The van der Waals surface area contributed by atoms with Crippen molar-refractivity contribution >= 4 is 11.0 Å². The summed E-state index contributed by atoms with van der Waals surface area (Å²) < 4.78 is 60.5. The summed E-state index contributed by atoms with van der Waals surface area (Å²) in [5.41, 5.74) is 2.31. The molecular weight excluding hydrogens is 392 g/mol. The quantitative estimate of drug-likeness (QED) is 0.630. The molecule has 1 saturated heterocycles. The van der Waals surface area contributed by atoms with E-state index in [2.05, 4.69) is 19.7 Å². The SMILES string of the molecule is F[C@@H]1CN(Cc2ccc(OC(F)(F)F)cc2)C[C@@H]1OCc1nc2ccncc2[nH]1. The number of rotatable bonds is 6. The van der Waals surface area contributed by atoms with E-state index in [1.165, 1.54) is 24.3 Å². The van der Waals surface area contributed by atoms with Crippen LogP contribution in [-0.2, 0) is 17.9 Å². The predicted molar refractivity (Wildman–Crippen MR) is 95.8 cm³/mol. The number of alkyl halides is 4. The molecule has 29 heavy (non-hydrogen) atoms. The summed E-state index contributed by atoms with van der Waals surface area (Å²) >= 11 is 0. The largest absolute Gasteiger partial charge is 0.573 e. The van der Waals surface area contributed by atoms with Gasteiger partial charge >= 0.3 is 6.36 Å². The molecule has 1 N–H and O–H groups in total. The topological polar surface area (TPSA) is 63.3 Å². The molecule has 10 heteroatoms. The fraction of sp³-hybridized carbons (Fsp3) is 0.368. The van der Waals surface area contributed by atoms with Gasteiger partial charge in [-0.15, -0.1) is 13.2 Å². The first kappa shape index (κ1) is 19.6. The fourth-order valence-corrected chi connectivity index (χ4v) is 3.31. The Balaban J connectivity index is 1.30. The van der Waals surface area contributed by atoms with Crippen molar-refractivity contribution in [1.29, 1.82) is 0 Å². The number of imidazole rings is 1. The molecule has 0 aliphatic carbocycles. The Morgan fingerprint density at radius 2 is 1.93 bits per heavy atom. The van der Waals surface area contributed by atoms with Crippen LogP contribution in [-0.4, -0.2) is 51.6 Å². The molecule has 2 aromatic heterocycles. The number of ether oxygens (including phenoxy) is 2.